The van der Waals surface area contributed by atoms with Gasteiger partial charge in [0.25, 0.3) is 0 Å². The summed E-state index contributed by atoms with van der Waals surface area (Å²) in [6.45, 7) is 6.00. The van der Waals surface area contributed by atoms with Crippen molar-refractivity contribution >= 4 is 5.91 Å². The predicted molar refractivity (Wildman–Crippen MR) is 90.2 cm³/mol. The van der Waals surface area contributed by atoms with Crippen molar-refractivity contribution in [1.82, 2.24) is 4.90 Å². The monoisotopic (exact) mass is 296 g/mol. The van der Waals surface area contributed by atoms with Gasteiger partial charge in [-0.25, -0.2) is 0 Å². The highest BCUT2D eigenvalue weighted by Gasteiger charge is 2.32. The maximum Gasteiger partial charge on any atom is 0.222 e. The van der Waals surface area contributed by atoms with Gasteiger partial charge in [0.15, 0.2) is 0 Å². The van der Waals surface area contributed by atoms with E-state index >= 15 is 0 Å². The van der Waals surface area contributed by atoms with Gasteiger partial charge in [-0.2, -0.15) is 0 Å². The van der Waals surface area contributed by atoms with Gasteiger partial charge in [0.05, 0.1) is 0 Å². The number of carbonyl (C=O) groups is 1. The molecule has 0 aromatic carbocycles. The van der Waals surface area contributed by atoms with Crippen molar-refractivity contribution < 1.29 is 4.79 Å². The molecule has 1 rings (SSSR count). The first-order chi connectivity index (χ1) is 10.2. The Hall–Kier alpha value is -0.570. The van der Waals surface area contributed by atoms with Gasteiger partial charge in [-0.3, -0.25) is 4.79 Å². The van der Waals surface area contributed by atoms with Crippen LogP contribution in [0.1, 0.15) is 84.5 Å². The predicted octanol–water partition coefficient (Wildman–Crippen LogP) is 4.10. The van der Waals surface area contributed by atoms with Crippen molar-refractivity contribution in [2.45, 2.75) is 90.5 Å². The molecule has 1 heterocycles. The van der Waals surface area contributed by atoms with Crippen LogP contribution in [-0.2, 0) is 4.79 Å². The molecule has 124 valence electrons. The third-order valence-electron chi connectivity index (χ3n) is 4.94. The molecule has 3 nitrogen and oxygen atoms in total. The van der Waals surface area contributed by atoms with E-state index in [1.54, 1.807) is 0 Å². The lowest BCUT2D eigenvalue weighted by Crippen LogP contribution is -2.42. The van der Waals surface area contributed by atoms with E-state index in [1.807, 2.05) is 4.90 Å². The second kappa shape index (κ2) is 11.1. The summed E-state index contributed by atoms with van der Waals surface area (Å²) in [5.41, 5.74) is 5.80. The molecular weight excluding hydrogens is 260 g/mol. The van der Waals surface area contributed by atoms with Crippen molar-refractivity contribution in [3.05, 3.63) is 0 Å². The molecule has 3 heteroatoms. The number of unbranched alkanes of at least 4 members (excludes halogenated alkanes) is 8. The molecule has 2 N–H and O–H groups in total. The lowest BCUT2D eigenvalue weighted by atomic mass is 10.0. The first-order valence-electron chi connectivity index (χ1n) is 9.20. The zero-order valence-electron chi connectivity index (χ0n) is 14.3. The second-order valence-electron chi connectivity index (χ2n) is 6.73. The fourth-order valence-electron chi connectivity index (χ4n) is 3.41. The zero-order chi connectivity index (χ0) is 15.5. The lowest BCUT2D eigenvalue weighted by Gasteiger charge is -2.25. The highest BCUT2D eigenvalue weighted by Crippen LogP contribution is 2.24. The smallest absolute Gasteiger partial charge is 0.222 e. The standard InChI is InChI=1S/C18H36N2O/c1-3-4-5-6-7-8-9-10-11-12-18(21)20-14-13-16(2)17(20)15-19/h16-17H,3-15,19H2,1-2H3. The van der Waals surface area contributed by atoms with Crippen molar-refractivity contribution in [1.29, 1.82) is 0 Å². The summed E-state index contributed by atoms with van der Waals surface area (Å²) in [5, 5.41) is 0. The SMILES string of the molecule is CCCCCCCCCCCC(=O)N1CCC(C)C1CN. The first-order valence-corrected chi connectivity index (χ1v) is 9.20. The van der Waals surface area contributed by atoms with Crippen LogP contribution < -0.4 is 5.73 Å². The van der Waals surface area contributed by atoms with Gasteiger partial charge < -0.3 is 10.6 Å². The van der Waals surface area contributed by atoms with E-state index in [4.69, 9.17) is 5.73 Å². The van der Waals surface area contributed by atoms with Crippen LogP contribution in [0.25, 0.3) is 0 Å². The quantitative estimate of drug-likeness (QED) is 0.583. The van der Waals surface area contributed by atoms with Gasteiger partial charge in [-0.05, 0) is 18.8 Å². The molecule has 0 radical (unpaired) electrons. The molecule has 0 aliphatic carbocycles. The Kier molecular flexibility index (Phi) is 9.73. The molecule has 1 amide bonds. The number of amides is 1. The van der Waals surface area contributed by atoms with Crippen LogP contribution in [0.4, 0.5) is 0 Å². The average molecular weight is 296 g/mol. The fraction of sp³-hybridized carbons (Fsp3) is 0.944. The Morgan fingerprint density at radius 3 is 2.19 bits per heavy atom. The van der Waals surface area contributed by atoms with Crippen LogP contribution in [0.5, 0.6) is 0 Å². The van der Waals surface area contributed by atoms with Crippen molar-refractivity contribution in [3.63, 3.8) is 0 Å². The number of nitrogens with zero attached hydrogens (tertiary/aromatic N) is 1. The molecule has 0 aromatic rings. The van der Waals surface area contributed by atoms with Crippen LogP contribution in [0.3, 0.4) is 0 Å². The first kappa shape index (κ1) is 18.5. The van der Waals surface area contributed by atoms with E-state index in [2.05, 4.69) is 13.8 Å². The van der Waals surface area contributed by atoms with E-state index in [0.717, 1.165) is 25.8 Å². The van der Waals surface area contributed by atoms with Gasteiger partial charge in [0.2, 0.25) is 5.91 Å². The third-order valence-corrected chi connectivity index (χ3v) is 4.94. The largest absolute Gasteiger partial charge is 0.338 e. The topological polar surface area (TPSA) is 46.3 Å². The van der Waals surface area contributed by atoms with Gasteiger partial charge >= 0.3 is 0 Å². The van der Waals surface area contributed by atoms with Gasteiger partial charge in [0.1, 0.15) is 0 Å². The molecule has 1 saturated heterocycles. The third kappa shape index (κ3) is 6.82. The van der Waals surface area contributed by atoms with Crippen LogP contribution in [0.2, 0.25) is 0 Å². The summed E-state index contributed by atoms with van der Waals surface area (Å²) in [4.78, 5) is 14.3. The fourth-order valence-corrected chi connectivity index (χ4v) is 3.41. The maximum absolute atomic E-state index is 12.2. The average Bonchev–Trinajstić information content (AvgIpc) is 2.86. The summed E-state index contributed by atoms with van der Waals surface area (Å²) in [7, 11) is 0. The van der Waals surface area contributed by atoms with E-state index in [1.165, 1.54) is 51.4 Å². The molecule has 2 atom stereocenters. The minimum Gasteiger partial charge on any atom is -0.338 e. The molecule has 0 aromatic heterocycles. The van der Waals surface area contributed by atoms with E-state index in [0.29, 0.717) is 18.4 Å². The molecule has 1 aliphatic rings. The van der Waals surface area contributed by atoms with Crippen molar-refractivity contribution in [2.75, 3.05) is 13.1 Å². The van der Waals surface area contributed by atoms with Gasteiger partial charge in [-0.15, -0.1) is 0 Å². The van der Waals surface area contributed by atoms with E-state index < -0.39 is 0 Å². The molecule has 21 heavy (non-hydrogen) atoms. The molecule has 1 fully saturated rings. The van der Waals surface area contributed by atoms with Crippen LogP contribution in [0, 0.1) is 5.92 Å². The Labute approximate surface area is 131 Å². The minimum absolute atomic E-state index is 0.288. The summed E-state index contributed by atoms with van der Waals surface area (Å²) in [6.07, 6.45) is 13.6. The Morgan fingerprint density at radius 1 is 1.05 bits per heavy atom. The molecule has 2 unspecified atom stereocenters. The summed E-state index contributed by atoms with van der Waals surface area (Å²) < 4.78 is 0. The lowest BCUT2D eigenvalue weighted by molar-refractivity contribution is -0.132. The molecule has 0 saturated carbocycles. The van der Waals surface area contributed by atoms with Gasteiger partial charge in [0, 0.05) is 25.6 Å². The number of nitrogens with two attached hydrogens (primary N) is 1. The second-order valence-corrected chi connectivity index (χ2v) is 6.73. The highest BCUT2D eigenvalue weighted by molar-refractivity contribution is 5.76. The summed E-state index contributed by atoms with van der Waals surface area (Å²) >= 11 is 0. The number of likely N-dealkylation sites (tertiary alicyclic amines) is 1. The summed E-state index contributed by atoms with van der Waals surface area (Å²) in [5.74, 6) is 0.903. The van der Waals surface area contributed by atoms with Crippen LogP contribution >= 0.6 is 0 Å². The number of rotatable bonds is 11. The Morgan fingerprint density at radius 2 is 1.62 bits per heavy atom. The van der Waals surface area contributed by atoms with E-state index in [9.17, 15) is 4.79 Å². The molecule has 0 bridgehead atoms. The number of hydrogen-bond donors (Lipinski definition) is 1. The van der Waals surface area contributed by atoms with E-state index in [-0.39, 0.29) is 6.04 Å². The molecular formula is C18H36N2O. The molecule has 0 spiro atoms. The van der Waals surface area contributed by atoms with Gasteiger partial charge in [-0.1, -0.05) is 65.2 Å². The Balaban J connectivity index is 2.01. The normalized spacial score (nSPS) is 22.0. The minimum atomic E-state index is 0.288. The zero-order valence-corrected chi connectivity index (χ0v) is 14.3. The van der Waals surface area contributed by atoms with Crippen LogP contribution in [-0.4, -0.2) is 29.9 Å². The van der Waals surface area contributed by atoms with Crippen molar-refractivity contribution in [3.8, 4) is 0 Å². The summed E-state index contributed by atoms with van der Waals surface area (Å²) in [6, 6.07) is 0.288. The van der Waals surface area contributed by atoms with Crippen LogP contribution in [0.15, 0.2) is 0 Å². The maximum atomic E-state index is 12.2. The Bertz CT molecular complexity index is 280. The molecule has 1 aliphatic heterocycles. The number of hydrogen-bond acceptors (Lipinski definition) is 2. The number of carbonyl (C=O) groups excluding carboxylic acids is 1. The van der Waals surface area contributed by atoms with Crippen molar-refractivity contribution in [2.24, 2.45) is 11.7 Å². The highest BCUT2D eigenvalue weighted by atomic mass is 16.2.